The number of Topliss-reactive ketones (excluding diaryl/α,β-unsaturated/α-hetero) is 2. The third kappa shape index (κ3) is 12.9. The van der Waals surface area contributed by atoms with E-state index in [4.69, 9.17) is 0 Å². The Labute approximate surface area is 113 Å². The number of hydrogen-bond donors (Lipinski definition) is 0. The number of carbonyl (C=O) groups excluding carboxylic acids is 2. The summed E-state index contributed by atoms with van der Waals surface area (Å²) < 4.78 is 0. The van der Waals surface area contributed by atoms with Crippen LogP contribution in [0.3, 0.4) is 0 Å². The largest absolute Gasteiger partial charge is 2.00 e. The van der Waals surface area contributed by atoms with Crippen molar-refractivity contribution in [1.29, 1.82) is 0 Å². The molecule has 0 saturated heterocycles. The van der Waals surface area contributed by atoms with Crippen molar-refractivity contribution in [1.82, 2.24) is 0 Å². The summed E-state index contributed by atoms with van der Waals surface area (Å²) in [6, 6.07) is 0. The summed E-state index contributed by atoms with van der Waals surface area (Å²) in [6.45, 7) is 7.59. The standard InChI is InChI=1S/C12H18N2O2.Cu/c1-9(7-11(3)15)13-5-6-14-10(2)8-12(4)16;/h7-8H,5-6H2,1-4H3;/q-2;+2. The van der Waals surface area contributed by atoms with Crippen molar-refractivity contribution in [3.63, 3.8) is 0 Å². The SMILES string of the molecule is CC(=O)[CH-]C(C)=NCCN=C(C)[CH-]C(C)=O.[Cu+2]. The van der Waals surface area contributed by atoms with Gasteiger partial charge in [0, 0.05) is 11.6 Å². The van der Waals surface area contributed by atoms with Crippen LogP contribution < -0.4 is 0 Å². The molecule has 0 unspecified atom stereocenters. The maximum absolute atomic E-state index is 10.7. The number of hydrogen-bond acceptors (Lipinski definition) is 4. The van der Waals surface area contributed by atoms with Crippen LogP contribution in [0.4, 0.5) is 0 Å². The quantitative estimate of drug-likeness (QED) is 0.308. The van der Waals surface area contributed by atoms with Gasteiger partial charge in [-0.3, -0.25) is 12.8 Å². The Hall–Kier alpha value is -1.06. The van der Waals surface area contributed by atoms with E-state index in [9.17, 15) is 9.59 Å². The first kappa shape index (κ1) is 18.3. The number of nitrogens with zero attached hydrogens (tertiary/aromatic N) is 2. The molecule has 0 bridgehead atoms. The minimum absolute atomic E-state index is 0. The molecular weight excluding hydrogens is 268 g/mol. The normalized spacial score (nSPS) is 11.5. The predicted octanol–water partition coefficient (Wildman–Crippen LogP) is 1.49. The summed E-state index contributed by atoms with van der Waals surface area (Å²) >= 11 is 0. The summed E-state index contributed by atoms with van der Waals surface area (Å²) in [6.07, 6.45) is 2.97. The van der Waals surface area contributed by atoms with E-state index in [2.05, 4.69) is 9.98 Å². The second kappa shape index (κ2) is 10.1. The van der Waals surface area contributed by atoms with E-state index in [0.29, 0.717) is 24.5 Å². The molecule has 0 fully saturated rings. The summed E-state index contributed by atoms with van der Waals surface area (Å²) in [4.78, 5) is 29.7. The molecule has 99 valence electrons. The van der Waals surface area contributed by atoms with E-state index in [1.165, 1.54) is 26.7 Å². The molecule has 0 saturated carbocycles. The molecule has 0 heterocycles. The average Bonchev–Trinajstić information content (AvgIpc) is 2.10. The van der Waals surface area contributed by atoms with Crippen LogP contribution >= 0.6 is 0 Å². The smallest absolute Gasteiger partial charge is 0.334 e. The topological polar surface area (TPSA) is 58.9 Å². The van der Waals surface area contributed by atoms with Crippen molar-refractivity contribution in [3.05, 3.63) is 12.8 Å². The van der Waals surface area contributed by atoms with E-state index < -0.39 is 0 Å². The zero-order valence-corrected chi connectivity index (χ0v) is 11.5. The zero-order chi connectivity index (χ0) is 12.6. The van der Waals surface area contributed by atoms with Crippen LogP contribution in [0.2, 0.25) is 0 Å². The van der Waals surface area contributed by atoms with Crippen LogP contribution in [0.1, 0.15) is 27.7 Å². The van der Waals surface area contributed by atoms with Gasteiger partial charge >= 0.3 is 17.1 Å². The Balaban J connectivity index is 0. The minimum atomic E-state index is -0.00848. The molecule has 0 amide bonds. The molecule has 0 aromatic heterocycles. The molecule has 0 spiro atoms. The van der Waals surface area contributed by atoms with E-state index >= 15 is 0 Å². The van der Waals surface area contributed by atoms with Crippen LogP contribution in [0.15, 0.2) is 9.98 Å². The van der Waals surface area contributed by atoms with Crippen molar-refractivity contribution in [2.24, 2.45) is 9.98 Å². The van der Waals surface area contributed by atoms with Gasteiger partial charge in [0.05, 0.1) is 13.1 Å². The van der Waals surface area contributed by atoms with E-state index in [-0.39, 0.29) is 28.6 Å². The summed E-state index contributed by atoms with van der Waals surface area (Å²) in [5.41, 5.74) is 1.41. The molecule has 17 heavy (non-hydrogen) atoms. The first-order valence-corrected chi connectivity index (χ1v) is 5.14. The van der Waals surface area contributed by atoms with Gasteiger partial charge in [-0.05, 0) is 13.8 Å². The van der Waals surface area contributed by atoms with Crippen LogP contribution in [-0.2, 0) is 26.7 Å². The fraction of sp³-hybridized carbons (Fsp3) is 0.500. The van der Waals surface area contributed by atoms with E-state index in [0.717, 1.165) is 0 Å². The van der Waals surface area contributed by atoms with E-state index in [1.807, 2.05) is 0 Å². The Morgan fingerprint density at radius 3 is 1.35 bits per heavy atom. The summed E-state index contributed by atoms with van der Waals surface area (Å²) in [5, 5.41) is 0. The average molecular weight is 286 g/mol. The maximum Gasteiger partial charge on any atom is 2.00 e. The zero-order valence-electron chi connectivity index (χ0n) is 10.6. The van der Waals surface area contributed by atoms with Gasteiger partial charge in [0.1, 0.15) is 0 Å². The number of aliphatic imine (C=N–C) groups is 2. The van der Waals surface area contributed by atoms with Gasteiger partial charge in [-0.2, -0.15) is 0 Å². The Morgan fingerprint density at radius 2 is 1.12 bits per heavy atom. The molecule has 5 heteroatoms. The molecule has 4 nitrogen and oxygen atoms in total. The van der Waals surface area contributed by atoms with Crippen molar-refractivity contribution < 1.29 is 26.7 Å². The molecular formula is C12H18CuN2O2. The van der Waals surface area contributed by atoms with E-state index in [1.54, 1.807) is 13.8 Å². The molecule has 1 radical (unpaired) electrons. The van der Waals surface area contributed by atoms with Gasteiger partial charge in [-0.15, -0.1) is 11.4 Å². The summed E-state index contributed by atoms with van der Waals surface area (Å²) in [7, 11) is 0. The van der Waals surface area contributed by atoms with Crippen LogP contribution in [-0.4, -0.2) is 36.1 Å². The number of carbonyl (C=O) groups is 2. The van der Waals surface area contributed by atoms with Crippen LogP contribution in [0, 0.1) is 12.8 Å². The number of ketones is 2. The Kier molecular flexibility index (Phi) is 10.9. The first-order valence-electron chi connectivity index (χ1n) is 5.14. The van der Waals surface area contributed by atoms with Gasteiger partial charge in [-0.25, -0.2) is 0 Å². The molecule has 0 rings (SSSR count). The number of rotatable bonds is 7. The molecule has 0 aromatic carbocycles. The van der Waals surface area contributed by atoms with Gasteiger partial charge in [-0.1, -0.05) is 13.8 Å². The third-order valence-electron chi connectivity index (χ3n) is 1.65. The van der Waals surface area contributed by atoms with Crippen molar-refractivity contribution in [2.75, 3.05) is 13.1 Å². The molecule has 0 atom stereocenters. The van der Waals surface area contributed by atoms with Gasteiger partial charge in [0.25, 0.3) is 0 Å². The first-order chi connectivity index (χ1) is 7.41. The monoisotopic (exact) mass is 285 g/mol. The minimum Gasteiger partial charge on any atom is -0.334 e. The third-order valence-corrected chi connectivity index (χ3v) is 1.65. The summed E-state index contributed by atoms with van der Waals surface area (Å²) in [5.74, 6) is -0.0170. The molecule has 0 aliphatic rings. The molecule has 0 N–H and O–H groups in total. The second-order valence-corrected chi connectivity index (χ2v) is 3.56. The molecule has 0 aliphatic heterocycles. The van der Waals surface area contributed by atoms with Gasteiger partial charge in [0.2, 0.25) is 0 Å². The van der Waals surface area contributed by atoms with Crippen molar-refractivity contribution in [3.8, 4) is 0 Å². The van der Waals surface area contributed by atoms with Crippen LogP contribution in [0.25, 0.3) is 0 Å². The maximum atomic E-state index is 10.7. The van der Waals surface area contributed by atoms with Crippen LogP contribution in [0.5, 0.6) is 0 Å². The van der Waals surface area contributed by atoms with Crippen molar-refractivity contribution >= 4 is 23.0 Å². The predicted molar refractivity (Wildman–Crippen MR) is 65.9 cm³/mol. The molecule has 0 aliphatic carbocycles. The van der Waals surface area contributed by atoms with Gasteiger partial charge in [0.15, 0.2) is 0 Å². The Morgan fingerprint density at radius 1 is 0.824 bits per heavy atom. The fourth-order valence-electron chi connectivity index (χ4n) is 1.13. The second-order valence-electron chi connectivity index (χ2n) is 3.56. The fourth-order valence-corrected chi connectivity index (χ4v) is 1.13. The van der Waals surface area contributed by atoms with Crippen molar-refractivity contribution in [2.45, 2.75) is 27.7 Å². The Bertz CT molecular complexity index is 290. The van der Waals surface area contributed by atoms with Gasteiger partial charge < -0.3 is 19.6 Å². The molecule has 0 aromatic rings.